The lowest BCUT2D eigenvalue weighted by molar-refractivity contribution is -0.140. The summed E-state index contributed by atoms with van der Waals surface area (Å²) >= 11 is 16.7. The van der Waals surface area contributed by atoms with Crippen molar-refractivity contribution in [3.8, 4) is 5.75 Å². The Balaban J connectivity index is 1.61. The molecule has 0 radical (unpaired) electrons. The quantitative estimate of drug-likeness (QED) is 0.254. The predicted molar refractivity (Wildman–Crippen MR) is 161 cm³/mol. The minimum Gasteiger partial charge on any atom is -0.494 e. The number of aliphatic hydroxyl groups excluding tert-OH is 1. The average Bonchev–Trinajstić information content (AvgIpc) is 3.35. The van der Waals surface area contributed by atoms with Gasteiger partial charge in [-0.05, 0) is 67.3 Å². The first kappa shape index (κ1) is 28.9. The van der Waals surface area contributed by atoms with Gasteiger partial charge in [0.2, 0.25) is 5.90 Å². The van der Waals surface area contributed by atoms with Crippen LogP contribution >= 0.6 is 39.1 Å². The number of piperidine rings is 1. The van der Waals surface area contributed by atoms with Crippen molar-refractivity contribution < 1.29 is 19.4 Å². The molecular formula is C31H31BrCl2N2O4. The van der Waals surface area contributed by atoms with E-state index < -0.39 is 11.6 Å². The molecule has 1 amide bonds. The molecular weight excluding hydrogens is 615 g/mol. The van der Waals surface area contributed by atoms with E-state index in [0.29, 0.717) is 59.8 Å². The standard InChI is InChI=1S/C31H31BrCl2N2O4/c32-26-8-3-2-7-22(26)20-31(30(38)36-15-4-1-5-16-36)28(25-14-11-23(33)19-27(25)34)40-29(35-31)21-9-12-24(13-10-21)39-18-6-17-37/h2-3,7-14,19,28,37H,1,4-6,15-18,20H2/t28-,31-/m1/s1. The number of benzene rings is 3. The molecule has 9 heteroatoms. The number of hydrogen-bond acceptors (Lipinski definition) is 5. The van der Waals surface area contributed by atoms with Crippen LogP contribution in [-0.2, 0) is 16.0 Å². The molecule has 0 bridgehead atoms. The zero-order chi connectivity index (χ0) is 28.1. The average molecular weight is 646 g/mol. The molecule has 1 N–H and O–H groups in total. The maximum atomic E-state index is 14.6. The van der Waals surface area contributed by atoms with Gasteiger partial charge >= 0.3 is 0 Å². The van der Waals surface area contributed by atoms with E-state index in [2.05, 4.69) is 15.9 Å². The number of aliphatic imine (C=N–C) groups is 1. The second-order valence-electron chi connectivity index (χ2n) is 10.1. The molecule has 1 fully saturated rings. The highest BCUT2D eigenvalue weighted by Crippen LogP contribution is 2.46. The number of hydrogen-bond donors (Lipinski definition) is 1. The third kappa shape index (κ3) is 6.18. The Labute approximate surface area is 253 Å². The molecule has 2 aliphatic rings. The van der Waals surface area contributed by atoms with Crippen molar-refractivity contribution in [1.29, 1.82) is 0 Å². The van der Waals surface area contributed by atoms with Crippen molar-refractivity contribution in [2.24, 2.45) is 4.99 Å². The number of halogens is 3. The van der Waals surface area contributed by atoms with Crippen LogP contribution < -0.4 is 4.74 Å². The molecule has 40 heavy (non-hydrogen) atoms. The van der Waals surface area contributed by atoms with E-state index in [1.807, 2.05) is 59.5 Å². The fourth-order valence-electron chi connectivity index (χ4n) is 5.26. The smallest absolute Gasteiger partial charge is 0.255 e. The van der Waals surface area contributed by atoms with Crippen LogP contribution in [0.2, 0.25) is 10.0 Å². The van der Waals surface area contributed by atoms with Gasteiger partial charge in [-0.15, -0.1) is 0 Å². The lowest BCUT2D eigenvalue weighted by atomic mass is 9.81. The Kier molecular flexibility index (Phi) is 9.36. The van der Waals surface area contributed by atoms with Crippen molar-refractivity contribution in [3.63, 3.8) is 0 Å². The molecule has 0 aliphatic carbocycles. The van der Waals surface area contributed by atoms with Gasteiger partial charge in [-0.3, -0.25) is 4.79 Å². The monoisotopic (exact) mass is 644 g/mol. The van der Waals surface area contributed by atoms with E-state index in [1.165, 1.54) is 0 Å². The Morgan fingerprint density at radius 3 is 2.52 bits per heavy atom. The van der Waals surface area contributed by atoms with E-state index in [1.54, 1.807) is 12.1 Å². The molecule has 6 nitrogen and oxygen atoms in total. The topological polar surface area (TPSA) is 71.4 Å². The summed E-state index contributed by atoms with van der Waals surface area (Å²) in [5.41, 5.74) is 1.05. The number of amides is 1. The normalized spacial score (nSPS) is 20.6. The summed E-state index contributed by atoms with van der Waals surface area (Å²) in [5.74, 6) is 0.977. The van der Waals surface area contributed by atoms with E-state index in [0.717, 1.165) is 34.9 Å². The summed E-state index contributed by atoms with van der Waals surface area (Å²) in [6.45, 7) is 1.86. The maximum absolute atomic E-state index is 14.6. The lowest BCUT2D eigenvalue weighted by Crippen LogP contribution is -2.53. The highest BCUT2D eigenvalue weighted by molar-refractivity contribution is 9.10. The van der Waals surface area contributed by atoms with Crippen LogP contribution in [0.5, 0.6) is 5.75 Å². The fraction of sp³-hybridized carbons (Fsp3) is 0.355. The van der Waals surface area contributed by atoms with Crippen molar-refractivity contribution in [2.75, 3.05) is 26.3 Å². The Morgan fingerprint density at radius 1 is 1.07 bits per heavy atom. The van der Waals surface area contributed by atoms with Crippen LogP contribution in [0.15, 0.2) is 76.2 Å². The van der Waals surface area contributed by atoms with Gasteiger partial charge in [-0.25, -0.2) is 4.99 Å². The van der Waals surface area contributed by atoms with Gasteiger partial charge in [0.15, 0.2) is 11.6 Å². The number of carbonyl (C=O) groups is 1. The van der Waals surface area contributed by atoms with Gasteiger partial charge in [0, 0.05) is 58.2 Å². The summed E-state index contributed by atoms with van der Waals surface area (Å²) in [5, 5.41) is 9.96. The molecule has 0 saturated carbocycles. The number of nitrogens with zero attached hydrogens (tertiary/aromatic N) is 2. The maximum Gasteiger partial charge on any atom is 0.255 e. The van der Waals surface area contributed by atoms with E-state index >= 15 is 0 Å². The van der Waals surface area contributed by atoms with Crippen LogP contribution in [0.4, 0.5) is 0 Å². The van der Waals surface area contributed by atoms with Crippen molar-refractivity contribution in [3.05, 3.63) is 97.9 Å². The first-order valence-electron chi connectivity index (χ1n) is 13.5. The number of rotatable bonds is 9. The van der Waals surface area contributed by atoms with E-state index in [9.17, 15) is 4.79 Å². The summed E-state index contributed by atoms with van der Waals surface area (Å²) in [6, 6.07) is 20.5. The van der Waals surface area contributed by atoms with Gasteiger partial charge in [-0.2, -0.15) is 0 Å². The van der Waals surface area contributed by atoms with Gasteiger partial charge in [0.25, 0.3) is 5.91 Å². The second-order valence-corrected chi connectivity index (χ2v) is 11.8. The largest absolute Gasteiger partial charge is 0.494 e. The zero-order valence-corrected chi connectivity index (χ0v) is 25.1. The summed E-state index contributed by atoms with van der Waals surface area (Å²) in [4.78, 5) is 21.7. The van der Waals surface area contributed by atoms with E-state index in [-0.39, 0.29) is 12.5 Å². The summed E-state index contributed by atoms with van der Waals surface area (Å²) < 4.78 is 13.2. The molecule has 0 unspecified atom stereocenters. The Bertz CT molecular complexity index is 1380. The van der Waals surface area contributed by atoms with Gasteiger partial charge < -0.3 is 19.5 Å². The van der Waals surface area contributed by atoms with Crippen molar-refractivity contribution in [1.82, 2.24) is 4.90 Å². The van der Waals surface area contributed by atoms with Crippen LogP contribution in [0, 0.1) is 0 Å². The SMILES string of the molecule is O=C(N1CCCCC1)[C@]1(Cc2ccccc2Br)N=C(c2ccc(OCCCO)cc2)O[C@@H]1c1ccc(Cl)cc1Cl. The number of likely N-dealkylation sites (tertiary alicyclic amines) is 1. The third-order valence-electron chi connectivity index (χ3n) is 7.31. The molecule has 2 atom stereocenters. The van der Waals surface area contributed by atoms with Crippen LogP contribution in [0.3, 0.4) is 0 Å². The minimum absolute atomic E-state index is 0.0714. The molecule has 3 aromatic rings. The molecule has 2 heterocycles. The van der Waals surface area contributed by atoms with Crippen molar-refractivity contribution in [2.45, 2.75) is 43.7 Å². The fourth-order valence-corrected chi connectivity index (χ4v) is 6.19. The molecule has 0 aromatic heterocycles. The highest BCUT2D eigenvalue weighted by Gasteiger charge is 2.55. The number of carbonyl (C=O) groups excluding carboxylic acids is 1. The number of ether oxygens (including phenoxy) is 2. The van der Waals surface area contributed by atoms with Gasteiger partial charge in [-0.1, -0.05) is 63.4 Å². The van der Waals surface area contributed by atoms with E-state index in [4.69, 9.17) is 42.8 Å². The third-order valence-corrected chi connectivity index (χ3v) is 8.65. The summed E-state index contributed by atoms with van der Waals surface area (Å²) in [6.07, 6.45) is 3.12. The Morgan fingerprint density at radius 2 is 1.82 bits per heavy atom. The zero-order valence-electron chi connectivity index (χ0n) is 22.0. The van der Waals surface area contributed by atoms with Crippen molar-refractivity contribution >= 4 is 50.9 Å². The van der Waals surface area contributed by atoms with Crippen LogP contribution in [0.1, 0.15) is 48.5 Å². The molecule has 5 rings (SSSR count). The molecule has 0 spiro atoms. The number of aliphatic hydroxyl groups is 1. The molecule has 2 aliphatic heterocycles. The Hall–Kier alpha value is -2.58. The summed E-state index contributed by atoms with van der Waals surface area (Å²) in [7, 11) is 0. The minimum atomic E-state index is -1.29. The first-order valence-corrected chi connectivity index (χ1v) is 15.0. The first-order chi connectivity index (χ1) is 19.4. The van der Waals surface area contributed by atoms with Crippen LogP contribution in [-0.4, -0.2) is 53.7 Å². The van der Waals surface area contributed by atoms with Gasteiger partial charge in [0.1, 0.15) is 5.75 Å². The van der Waals surface area contributed by atoms with Crippen LogP contribution in [0.25, 0.3) is 0 Å². The molecule has 210 valence electrons. The lowest BCUT2D eigenvalue weighted by Gasteiger charge is -2.37. The molecule has 1 saturated heterocycles. The van der Waals surface area contributed by atoms with Gasteiger partial charge in [0.05, 0.1) is 6.61 Å². The predicted octanol–water partition coefficient (Wildman–Crippen LogP) is 7.03. The molecule has 3 aromatic carbocycles. The highest BCUT2D eigenvalue weighted by atomic mass is 79.9. The second kappa shape index (κ2) is 12.9.